The van der Waals surface area contributed by atoms with Gasteiger partial charge in [-0.2, -0.15) is 0 Å². The second-order valence-electron chi connectivity index (χ2n) is 5.41. The van der Waals surface area contributed by atoms with Crippen molar-refractivity contribution in [1.29, 1.82) is 0 Å². The van der Waals surface area contributed by atoms with Crippen LogP contribution in [0.1, 0.15) is 5.56 Å². The van der Waals surface area contributed by atoms with Gasteiger partial charge in [0.15, 0.2) is 0 Å². The van der Waals surface area contributed by atoms with Gasteiger partial charge in [0.1, 0.15) is 23.7 Å². The average molecular weight is 319 g/mol. The van der Waals surface area contributed by atoms with E-state index in [1.165, 1.54) is 18.5 Å². The fourth-order valence-electron chi connectivity index (χ4n) is 2.63. The van der Waals surface area contributed by atoms with E-state index in [-0.39, 0.29) is 5.82 Å². The molecule has 4 rings (SSSR count). The van der Waals surface area contributed by atoms with Crippen LogP contribution in [0.25, 0.3) is 22.2 Å². The standard InChI is InChI=1S/C19H14FN3O/c20-15-4-1-3-13(9-15)11-21-19-16-10-14(18-5-2-8-24-18)6-7-17(16)22-12-23-19/h1-10,12H,11H2,(H,21,22,23). The largest absolute Gasteiger partial charge is 0.464 e. The molecule has 0 saturated heterocycles. The lowest BCUT2D eigenvalue weighted by atomic mass is 10.1. The summed E-state index contributed by atoms with van der Waals surface area (Å²) in [4.78, 5) is 8.61. The van der Waals surface area contributed by atoms with Crippen molar-refractivity contribution in [2.24, 2.45) is 0 Å². The van der Waals surface area contributed by atoms with Gasteiger partial charge in [0.25, 0.3) is 0 Å². The fourth-order valence-corrected chi connectivity index (χ4v) is 2.63. The van der Waals surface area contributed by atoms with E-state index < -0.39 is 0 Å². The molecule has 0 saturated carbocycles. The lowest BCUT2D eigenvalue weighted by Crippen LogP contribution is -2.03. The van der Waals surface area contributed by atoms with Crippen LogP contribution in [0.15, 0.2) is 71.6 Å². The molecule has 0 bridgehead atoms. The molecule has 0 fully saturated rings. The number of benzene rings is 2. The van der Waals surface area contributed by atoms with Gasteiger partial charge >= 0.3 is 0 Å². The molecule has 2 aromatic carbocycles. The van der Waals surface area contributed by atoms with Crippen LogP contribution in [0.5, 0.6) is 0 Å². The Hall–Kier alpha value is -3.21. The van der Waals surface area contributed by atoms with Crippen molar-refractivity contribution in [2.45, 2.75) is 6.54 Å². The third-order valence-electron chi connectivity index (χ3n) is 3.79. The van der Waals surface area contributed by atoms with Crippen molar-refractivity contribution in [2.75, 3.05) is 5.32 Å². The minimum absolute atomic E-state index is 0.248. The van der Waals surface area contributed by atoms with Crippen molar-refractivity contribution in [1.82, 2.24) is 9.97 Å². The van der Waals surface area contributed by atoms with Gasteiger partial charge in [-0.3, -0.25) is 0 Å². The summed E-state index contributed by atoms with van der Waals surface area (Å²) in [5.74, 6) is 1.25. The Morgan fingerprint density at radius 1 is 1.00 bits per heavy atom. The summed E-state index contributed by atoms with van der Waals surface area (Å²) in [6.07, 6.45) is 3.16. The predicted molar refractivity (Wildman–Crippen MR) is 91.0 cm³/mol. The molecule has 0 aliphatic heterocycles. The molecule has 2 heterocycles. The first-order valence-electron chi connectivity index (χ1n) is 7.56. The second kappa shape index (κ2) is 6.12. The summed E-state index contributed by atoms with van der Waals surface area (Å²) in [5.41, 5.74) is 2.64. The minimum atomic E-state index is -0.248. The van der Waals surface area contributed by atoms with Crippen LogP contribution < -0.4 is 5.32 Å². The lowest BCUT2D eigenvalue weighted by molar-refractivity contribution is 0.582. The van der Waals surface area contributed by atoms with Crippen LogP contribution in [-0.2, 0) is 6.54 Å². The first-order valence-corrected chi connectivity index (χ1v) is 7.56. The van der Waals surface area contributed by atoms with Gasteiger partial charge in [0, 0.05) is 17.5 Å². The van der Waals surface area contributed by atoms with Gasteiger partial charge in [-0.1, -0.05) is 12.1 Å². The first kappa shape index (κ1) is 14.4. The molecule has 0 atom stereocenters. The van der Waals surface area contributed by atoms with E-state index in [1.54, 1.807) is 12.3 Å². The third-order valence-corrected chi connectivity index (χ3v) is 3.79. The SMILES string of the molecule is Fc1cccc(CNc2ncnc3ccc(-c4ccco4)cc23)c1. The number of hydrogen-bond acceptors (Lipinski definition) is 4. The molecule has 1 N–H and O–H groups in total. The van der Waals surface area contributed by atoms with Crippen molar-refractivity contribution in [3.8, 4) is 11.3 Å². The van der Waals surface area contributed by atoms with Gasteiger partial charge in [-0.25, -0.2) is 14.4 Å². The molecule has 24 heavy (non-hydrogen) atoms. The molecular formula is C19H14FN3O. The molecule has 0 radical (unpaired) electrons. The van der Waals surface area contributed by atoms with Crippen LogP contribution in [0.3, 0.4) is 0 Å². The van der Waals surface area contributed by atoms with E-state index in [0.717, 1.165) is 27.8 Å². The Bertz CT molecular complexity index is 983. The van der Waals surface area contributed by atoms with Crippen LogP contribution in [0.2, 0.25) is 0 Å². The zero-order chi connectivity index (χ0) is 16.4. The normalized spacial score (nSPS) is 10.9. The smallest absolute Gasteiger partial charge is 0.137 e. The number of nitrogens with zero attached hydrogens (tertiary/aromatic N) is 2. The van der Waals surface area contributed by atoms with Crippen molar-refractivity contribution >= 4 is 16.7 Å². The van der Waals surface area contributed by atoms with Crippen LogP contribution >= 0.6 is 0 Å². The van der Waals surface area contributed by atoms with Gasteiger partial charge in [0.2, 0.25) is 0 Å². The molecule has 4 nitrogen and oxygen atoms in total. The fraction of sp³-hybridized carbons (Fsp3) is 0.0526. The summed E-state index contributed by atoms with van der Waals surface area (Å²) in [6, 6.07) is 16.1. The van der Waals surface area contributed by atoms with Gasteiger partial charge in [-0.05, 0) is 48.0 Å². The van der Waals surface area contributed by atoms with Crippen molar-refractivity contribution in [3.63, 3.8) is 0 Å². The highest BCUT2D eigenvalue weighted by Crippen LogP contribution is 2.27. The minimum Gasteiger partial charge on any atom is -0.464 e. The topological polar surface area (TPSA) is 51.0 Å². The molecule has 0 aliphatic rings. The predicted octanol–water partition coefficient (Wildman–Crippen LogP) is 4.64. The molecule has 2 aromatic heterocycles. The molecular weight excluding hydrogens is 305 g/mol. The molecule has 4 aromatic rings. The number of aromatic nitrogens is 2. The van der Waals surface area contributed by atoms with E-state index in [4.69, 9.17) is 4.42 Å². The zero-order valence-corrected chi connectivity index (χ0v) is 12.7. The van der Waals surface area contributed by atoms with E-state index >= 15 is 0 Å². The average Bonchev–Trinajstić information content (AvgIpc) is 3.14. The monoisotopic (exact) mass is 319 g/mol. The molecule has 0 spiro atoms. The second-order valence-corrected chi connectivity index (χ2v) is 5.41. The molecule has 0 aliphatic carbocycles. The Morgan fingerprint density at radius 3 is 2.79 bits per heavy atom. The van der Waals surface area contributed by atoms with Gasteiger partial charge < -0.3 is 9.73 Å². The number of furan rings is 1. The van der Waals surface area contributed by atoms with Crippen LogP contribution in [0.4, 0.5) is 10.2 Å². The number of rotatable bonds is 4. The van der Waals surface area contributed by atoms with E-state index in [1.807, 2.05) is 36.4 Å². The van der Waals surface area contributed by atoms with E-state index in [9.17, 15) is 4.39 Å². The third kappa shape index (κ3) is 2.84. The van der Waals surface area contributed by atoms with E-state index in [0.29, 0.717) is 12.4 Å². The highest BCUT2D eigenvalue weighted by Gasteiger charge is 2.07. The number of halogens is 1. The number of anilines is 1. The summed E-state index contributed by atoms with van der Waals surface area (Å²) in [5, 5.41) is 4.15. The van der Waals surface area contributed by atoms with Crippen LogP contribution in [-0.4, -0.2) is 9.97 Å². The Balaban J connectivity index is 1.68. The highest BCUT2D eigenvalue weighted by molar-refractivity contribution is 5.92. The van der Waals surface area contributed by atoms with Gasteiger partial charge in [0.05, 0.1) is 11.8 Å². The summed E-state index contributed by atoms with van der Waals surface area (Å²) in [7, 11) is 0. The maximum absolute atomic E-state index is 13.3. The van der Waals surface area contributed by atoms with Crippen molar-refractivity contribution < 1.29 is 8.81 Å². The Morgan fingerprint density at radius 2 is 1.96 bits per heavy atom. The van der Waals surface area contributed by atoms with Gasteiger partial charge in [-0.15, -0.1) is 0 Å². The van der Waals surface area contributed by atoms with Crippen molar-refractivity contribution in [3.05, 3.63) is 78.6 Å². The van der Waals surface area contributed by atoms with Crippen LogP contribution in [0, 0.1) is 5.82 Å². The molecule has 118 valence electrons. The molecule has 0 unspecified atom stereocenters. The number of fused-ring (bicyclic) bond motifs is 1. The number of nitrogens with one attached hydrogen (secondary N) is 1. The number of hydrogen-bond donors (Lipinski definition) is 1. The summed E-state index contributed by atoms with van der Waals surface area (Å²) < 4.78 is 18.7. The Labute approximate surface area is 138 Å². The first-order chi connectivity index (χ1) is 11.8. The van der Waals surface area contributed by atoms with E-state index in [2.05, 4.69) is 15.3 Å². The summed E-state index contributed by atoms with van der Waals surface area (Å²) >= 11 is 0. The molecule has 5 heteroatoms. The lowest BCUT2D eigenvalue weighted by Gasteiger charge is -2.09. The zero-order valence-electron chi connectivity index (χ0n) is 12.7. The maximum atomic E-state index is 13.3. The maximum Gasteiger partial charge on any atom is 0.137 e. The quantitative estimate of drug-likeness (QED) is 0.595. The highest BCUT2D eigenvalue weighted by atomic mass is 19.1. The molecule has 0 amide bonds. The Kier molecular flexibility index (Phi) is 3.67. The summed E-state index contributed by atoms with van der Waals surface area (Å²) in [6.45, 7) is 0.481.